The van der Waals surface area contributed by atoms with Crippen molar-refractivity contribution in [2.24, 2.45) is 0 Å². The van der Waals surface area contributed by atoms with E-state index in [0.717, 1.165) is 41.3 Å². The maximum atomic E-state index is 11.4. The molecule has 0 radical (unpaired) electrons. The Balaban J connectivity index is 2.74. The predicted molar refractivity (Wildman–Crippen MR) is 84.1 cm³/mol. The minimum atomic E-state index is -0.881. The van der Waals surface area contributed by atoms with Crippen molar-refractivity contribution in [3.05, 3.63) is 34.5 Å². The fourth-order valence-electron chi connectivity index (χ4n) is 3.05. The van der Waals surface area contributed by atoms with Gasteiger partial charge in [-0.25, -0.2) is 4.79 Å². The lowest BCUT2D eigenvalue weighted by Crippen LogP contribution is -2.04. The number of aliphatic hydroxyl groups is 1. The Bertz CT molecular complexity index is 670. The summed E-state index contributed by atoms with van der Waals surface area (Å²) < 4.78 is 2.05. The fourth-order valence-corrected chi connectivity index (χ4v) is 3.05. The van der Waals surface area contributed by atoms with Gasteiger partial charge in [0.2, 0.25) is 0 Å². The zero-order chi connectivity index (χ0) is 15.6. The van der Waals surface area contributed by atoms with Crippen LogP contribution in [0.5, 0.6) is 0 Å². The SMILES string of the molecule is CCCCc1cn(CCO)c2c(C)cc(C(=O)O)c(C)c12. The molecule has 1 aromatic carbocycles. The van der Waals surface area contributed by atoms with Crippen LogP contribution in [0.3, 0.4) is 0 Å². The van der Waals surface area contributed by atoms with Gasteiger partial charge in [0, 0.05) is 18.1 Å². The molecule has 0 bridgehead atoms. The van der Waals surface area contributed by atoms with E-state index < -0.39 is 5.97 Å². The van der Waals surface area contributed by atoms with Crippen molar-refractivity contribution in [2.75, 3.05) is 6.61 Å². The lowest BCUT2D eigenvalue weighted by Gasteiger charge is -2.10. The maximum absolute atomic E-state index is 11.4. The molecule has 1 heterocycles. The second kappa shape index (κ2) is 6.31. The average molecular weight is 289 g/mol. The topological polar surface area (TPSA) is 62.5 Å². The smallest absolute Gasteiger partial charge is 0.335 e. The van der Waals surface area contributed by atoms with Crippen molar-refractivity contribution in [1.29, 1.82) is 0 Å². The number of hydrogen-bond acceptors (Lipinski definition) is 2. The van der Waals surface area contributed by atoms with E-state index in [1.54, 1.807) is 6.07 Å². The van der Waals surface area contributed by atoms with Crippen molar-refractivity contribution in [3.8, 4) is 0 Å². The lowest BCUT2D eigenvalue weighted by atomic mass is 9.96. The minimum Gasteiger partial charge on any atom is -0.478 e. The van der Waals surface area contributed by atoms with Crippen LogP contribution in [0, 0.1) is 13.8 Å². The molecule has 114 valence electrons. The molecule has 2 aromatic rings. The van der Waals surface area contributed by atoms with Gasteiger partial charge in [0.15, 0.2) is 0 Å². The zero-order valence-electron chi connectivity index (χ0n) is 12.9. The first kappa shape index (κ1) is 15.6. The number of benzene rings is 1. The fraction of sp³-hybridized carbons (Fsp3) is 0.471. The van der Waals surface area contributed by atoms with E-state index in [1.807, 2.05) is 18.4 Å². The van der Waals surface area contributed by atoms with Gasteiger partial charge in [-0.1, -0.05) is 13.3 Å². The van der Waals surface area contributed by atoms with E-state index in [0.29, 0.717) is 12.1 Å². The summed E-state index contributed by atoms with van der Waals surface area (Å²) in [4.78, 5) is 11.4. The van der Waals surface area contributed by atoms with Crippen LogP contribution in [-0.4, -0.2) is 27.4 Å². The van der Waals surface area contributed by atoms with Gasteiger partial charge in [0.1, 0.15) is 0 Å². The highest BCUT2D eigenvalue weighted by atomic mass is 16.4. The standard InChI is InChI=1S/C17H23NO3/c1-4-5-6-13-10-18(7-8-19)16-11(2)9-14(17(20)21)12(3)15(13)16/h9-10,19H,4-8H2,1-3H3,(H,20,21). The first-order chi connectivity index (χ1) is 10.0. The number of aryl methyl sites for hydroxylation is 3. The van der Waals surface area contributed by atoms with Gasteiger partial charge in [-0.05, 0) is 49.4 Å². The van der Waals surface area contributed by atoms with E-state index in [9.17, 15) is 15.0 Å². The molecule has 0 spiro atoms. The number of unbranched alkanes of at least 4 members (excludes halogenated alkanes) is 1. The van der Waals surface area contributed by atoms with Crippen LogP contribution in [0.25, 0.3) is 10.9 Å². The number of carbonyl (C=O) groups is 1. The molecule has 0 atom stereocenters. The molecule has 0 fully saturated rings. The van der Waals surface area contributed by atoms with Gasteiger partial charge in [0.25, 0.3) is 0 Å². The summed E-state index contributed by atoms with van der Waals surface area (Å²) in [6.45, 7) is 6.58. The number of aliphatic hydroxyl groups excluding tert-OH is 1. The number of aromatic carboxylic acids is 1. The molecular formula is C17H23NO3. The van der Waals surface area contributed by atoms with E-state index >= 15 is 0 Å². The third-order valence-electron chi connectivity index (χ3n) is 4.04. The highest BCUT2D eigenvalue weighted by Gasteiger charge is 2.18. The van der Waals surface area contributed by atoms with Gasteiger partial charge < -0.3 is 14.8 Å². The van der Waals surface area contributed by atoms with Gasteiger partial charge >= 0.3 is 5.97 Å². The third kappa shape index (κ3) is 2.81. The van der Waals surface area contributed by atoms with Crippen molar-refractivity contribution in [3.63, 3.8) is 0 Å². The number of rotatable bonds is 6. The Labute approximate surface area is 125 Å². The summed E-state index contributed by atoms with van der Waals surface area (Å²) in [5.74, 6) is -0.881. The first-order valence-electron chi connectivity index (χ1n) is 7.47. The Morgan fingerprint density at radius 1 is 1.33 bits per heavy atom. The molecule has 0 saturated heterocycles. The first-order valence-corrected chi connectivity index (χ1v) is 7.47. The number of fused-ring (bicyclic) bond motifs is 1. The number of carboxylic acid groups (broad SMARTS) is 1. The molecule has 0 aliphatic carbocycles. The molecule has 2 N–H and O–H groups in total. The van der Waals surface area contributed by atoms with E-state index in [2.05, 4.69) is 13.1 Å². The second-order valence-electron chi connectivity index (χ2n) is 5.57. The molecule has 4 nitrogen and oxygen atoms in total. The van der Waals surface area contributed by atoms with Crippen molar-refractivity contribution in [1.82, 2.24) is 4.57 Å². The maximum Gasteiger partial charge on any atom is 0.335 e. The van der Waals surface area contributed by atoms with E-state index in [-0.39, 0.29) is 6.61 Å². The molecule has 0 aliphatic rings. The third-order valence-corrected chi connectivity index (χ3v) is 4.04. The zero-order valence-corrected chi connectivity index (χ0v) is 12.9. The quantitative estimate of drug-likeness (QED) is 0.857. The number of carboxylic acids is 1. The molecule has 4 heteroatoms. The van der Waals surface area contributed by atoms with Crippen LogP contribution < -0.4 is 0 Å². The van der Waals surface area contributed by atoms with Crippen molar-refractivity contribution < 1.29 is 15.0 Å². The summed E-state index contributed by atoms with van der Waals surface area (Å²) >= 11 is 0. The van der Waals surface area contributed by atoms with Crippen LogP contribution in [-0.2, 0) is 13.0 Å². The predicted octanol–water partition coefficient (Wildman–Crippen LogP) is 3.29. The van der Waals surface area contributed by atoms with Crippen LogP contribution >= 0.6 is 0 Å². The summed E-state index contributed by atoms with van der Waals surface area (Å²) in [7, 11) is 0. The van der Waals surface area contributed by atoms with Gasteiger partial charge in [-0.2, -0.15) is 0 Å². The van der Waals surface area contributed by atoms with Crippen molar-refractivity contribution in [2.45, 2.75) is 46.6 Å². The molecule has 0 amide bonds. The largest absolute Gasteiger partial charge is 0.478 e. The number of hydrogen-bond donors (Lipinski definition) is 2. The van der Waals surface area contributed by atoms with Gasteiger partial charge in [0.05, 0.1) is 17.7 Å². The molecular weight excluding hydrogens is 266 g/mol. The Morgan fingerprint density at radius 2 is 2.05 bits per heavy atom. The van der Waals surface area contributed by atoms with Crippen LogP contribution in [0.2, 0.25) is 0 Å². The normalized spacial score (nSPS) is 11.2. The summed E-state index contributed by atoms with van der Waals surface area (Å²) in [5.41, 5.74) is 4.39. The molecule has 2 rings (SSSR count). The average Bonchev–Trinajstić information content (AvgIpc) is 2.80. The highest BCUT2D eigenvalue weighted by Crippen LogP contribution is 2.31. The summed E-state index contributed by atoms with van der Waals surface area (Å²) in [6.07, 6.45) is 5.19. The molecule has 21 heavy (non-hydrogen) atoms. The van der Waals surface area contributed by atoms with Gasteiger partial charge in [-0.3, -0.25) is 0 Å². The molecule has 0 unspecified atom stereocenters. The highest BCUT2D eigenvalue weighted by molar-refractivity contribution is 5.99. The lowest BCUT2D eigenvalue weighted by molar-refractivity contribution is 0.0696. The Kier molecular flexibility index (Phi) is 4.68. The Morgan fingerprint density at radius 3 is 2.62 bits per heavy atom. The molecule has 0 saturated carbocycles. The monoisotopic (exact) mass is 289 g/mol. The number of nitrogens with zero attached hydrogens (tertiary/aromatic N) is 1. The van der Waals surface area contributed by atoms with Crippen LogP contribution in [0.4, 0.5) is 0 Å². The Hall–Kier alpha value is -1.81. The van der Waals surface area contributed by atoms with Crippen molar-refractivity contribution >= 4 is 16.9 Å². The van der Waals surface area contributed by atoms with Crippen LogP contribution in [0.1, 0.15) is 46.8 Å². The molecule has 1 aromatic heterocycles. The second-order valence-corrected chi connectivity index (χ2v) is 5.57. The van der Waals surface area contributed by atoms with Gasteiger partial charge in [-0.15, -0.1) is 0 Å². The molecule has 0 aliphatic heterocycles. The van der Waals surface area contributed by atoms with E-state index in [1.165, 1.54) is 5.56 Å². The number of aromatic nitrogens is 1. The van der Waals surface area contributed by atoms with E-state index in [4.69, 9.17) is 0 Å². The summed E-state index contributed by atoms with van der Waals surface area (Å²) in [6, 6.07) is 1.73. The van der Waals surface area contributed by atoms with Crippen LogP contribution in [0.15, 0.2) is 12.3 Å². The summed E-state index contributed by atoms with van der Waals surface area (Å²) in [5, 5.41) is 19.7. The minimum absolute atomic E-state index is 0.0795.